The van der Waals surface area contributed by atoms with Gasteiger partial charge in [0.2, 0.25) is 0 Å². The molecule has 0 bridgehead atoms. The number of rotatable bonds is 45. The van der Waals surface area contributed by atoms with Crippen LogP contribution in [0.5, 0.6) is 0 Å². The molecular formula is C47H88NO10P. The molecule has 4 N–H and O–H groups in total. The third-order valence-corrected chi connectivity index (χ3v) is 11.4. The number of allylic oxidation sites excluding steroid dienone is 4. The zero-order valence-corrected chi connectivity index (χ0v) is 38.5. The van der Waals surface area contributed by atoms with Crippen LogP contribution in [-0.2, 0) is 37.5 Å². The normalized spacial score (nSPS) is 13.8. The smallest absolute Gasteiger partial charge is 0.472 e. The predicted molar refractivity (Wildman–Crippen MR) is 240 cm³/mol. The van der Waals surface area contributed by atoms with Crippen LogP contribution in [0.4, 0.5) is 0 Å². The van der Waals surface area contributed by atoms with Crippen molar-refractivity contribution in [2.75, 3.05) is 19.8 Å². The van der Waals surface area contributed by atoms with E-state index in [1.807, 2.05) is 12.2 Å². The predicted octanol–water partition coefficient (Wildman–Crippen LogP) is 13.0. The summed E-state index contributed by atoms with van der Waals surface area (Å²) in [6.07, 6.45) is 45.6. The Hall–Kier alpha value is -2.04. The Morgan fingerprint density at radius 2 is 0.932 bits per heavy atom. The second-order valence-electron chi connectivity index (χ2n) is 16.2. The minimum Gasteiger partial charge on any atom is -0.480 e. The number of unbranched alkanes of at least 4 members (excludes halogenated alkanes) is 27. The van der Waals surface area contributed by atoms with Gasteiger partial charge in [-0.3, -0.25) is 23.4 Å². The standard InChI is InChI=1S/C47H88NO10P/c1-3-5-7-9-11-13-15-17-18-19-20-21-22-23-24-25-27-28-30-32-34-36-38-45(49)55-40-43(41-56-59(53,54)57-42-44(48)47(51)52)58-46(50)39-37-35-33-31-29-26-16-14-12-10-8-6-4-2/h26,29,33,35,43-44H,3-25,27-28,30-32,34,36-42,48H2,1-2H3,(H,51,52)(H,53,54)/b29-26+,35-33+/t43?,44-/m1/s1. The Kier molecular flexibility index (Phi) is 41.2. The maximum Gasteiger partial charge on any atom is 0.472 e. The molecule has 3 atom stereocenters. The third-order valence-electron chi connectivity index (χ3n) is 10.5. The lowest BCUT2D eigenvalue weighted by molar-refractivity contribution is -0.161. The van der Waals surface area contributed by atoms with E-state index in [-0.39, 0.29) is 19.4 Å². The van der Waals surface area contributed by atoms with Gasteiger partial charge in [0, 0.05) is 12.8 Å². The van der Waals surface area contributed by atoms with Crippen LogP contribution < -0.4 is 5.73 Å². The number of nitrogens with two attached hydrogens (primary N) is 1. The summed E-state index contributed by atoms with van der Waals surface area (Å²) in [6.45, 7) is 2.76. The number of hydrogen-bond acceptors (Lipinski definition) is 9. The number of hydrogen-bond donors (Lipinski definition) is 3. The SMILES string of the molecule is CCCCCCCC/C=C/C/C=C/CCC(=O)OC(COC(=O)CCCCCCCCCCCCCCCCCCCCCCCC)COP(=O)(O)OC[C@@H](N)C(=O)O. The first kappa shape index (κ1) is 57.0. The number of carboxylic acid groups (broad SMARTS) is 1. The van der Waals surface area contributed by atoms with Crippen LogP contribution in [0.2, 0.25) is 0 Å². The molecule has 0 amide bonds. The first-order valence-electron chi connectivity index (χ1n) is 23.9. The monoisotopic (exact) mass is 858 g/mol. The highest BCUT2D eigenvalue weighted by molar-refractivity contribution is 7.47. The van der Waals surface area contributed by atoms with Crippen LogP contribution in [0, 0.1) is 0 Å². The lowest BCUT2D eigenvalue weighted by atomic mass is 10.0. The lowest BCUT2D eigenvalue weighted by Gasteiger charge is -2.20. The first-order chi connectivity index (χ1) is 28.6. The lowest BCUT2D eigenvalue weighted by Crippen LogP contribution is -2.34. The first-order valence-corrected chi connectivity index (χ1v) is 25.4. The molecular weight excluding hydrogens is 769 g/mol. The van der Waals surface area contributed by atoms with Crippen molar-refractivity contribution >= 4 is 25.7 Å². The summed E-state index contributed by atoms with van der Waals surface area (Å²) < 4.78 is 32.7. The molecule has 0 aromatic heterocycles. The van der Waals surface area contributed by atoms with E-state index in [1.54, 1.807) is 0 Å². The molecule has 0 heterocycles. The van der Waals surface area contributed by atoms with Gasteiger partial charge in [-0.05, 0) is 32.1 Å². The fraction of sp³-hybridized carbons (Fsp3) is 0.851. The van der Waals surface area contributed by atoms with Gasteiger partial charge in [-0.15, -0.1) is 0 Å². The molecule has 0 aliphatic rings. The molecule has 0 rings (SSSR count). The summed E-state index contributed by atoms with van der Waals surface area (Å²) in [5, 5.41) is 8.89. The van der Waals surface area contributed by atoms with Gasteiger partial charge in [0.15, 0.2) is 6.10 Å². The zero-order valence-electron chi connectivity index (χ0n) is 37.6. The fourth-order valence-electron chi connectivity index (χ4n) is 6.71. The number of aliphatic carboxylic acids is 1. The number of phosphoric acid groups is 1. The summed E-state index contributed by atoms with van der Waals surface area (Å²) in [5.74, 6) is -2.45. The van der Waals surface area contributed by atoms with Crippen molar-refractivity contribution in [2.24, 2.45) is 5.73 Å². The Balaban J connectivity index is 4.24. The van der Waals surface area contributed by atoms with Gasteiger partial charge >= 0.3 is 25.7 Å². The van der Waals surface area contributed by atoms with Crippen LogP contribution in [-0.4, -0.2) is 59.9 Å². The summed E-state index contributed by atoms with van der Waals surface area (Å²) in [4.78, 5) is 46.0. The Bertz CT molecular complexity index is 1100. The van der Waals surface area contributed by atoms with Crippen molar-refractivity contribution in [2.45, 2.75) is 238 Å². The molecule has 12 heteroatoms. The minimum atomic E-state index is -4.73. The van der Waals surface area contributed by atoms with Crippen molar-refractivity contribution in [3.8, 4) is 0 Å². The molecule has 59 heavy (non-hydrogen) atoms. The summed E-state index contributed by atoms with van der Waals surface area (Å²) in [6, 6.07) is -1.53. The van der Waals surface area contributed by atoms with E-state index in [2.05, 4.69) is 30.5 Å². The summed E-state index contributed by atoms with van der Waals surface area (Å²) in [7, 11) is -4.73. The fourth-order valence-corrected chi connectivity index (χ4v) is 7.49. The van der Waals surface area contributed by atoms with E-state index >= 15 is 0 Å². The van der Waals surface area contributed by atoms with E-state index in [1.165, 1.54) is 154 Å². The maximum atomic E-state index is 12.6. The molecule has 0 spiro atoms. The molecule has 346 valence electrons. The van der Waals surface area contributed by atoms with Crippen LogP contribution in [0.15, 0.2) is 24.3 Å². The highest BCUT2D eigenvalue weighted by atomic mass is 31.2. The Labute approximate surface area is 360 Å². The number of carbonyl (C=O) groups excluding carboxylic acids is 2. The van der Waals surface area contributed by atoms with E-state index in [9.17, 15) is 23.8 Å². The molecule has 0 aromatic rings. The molecule has 0 fully saturated rings. The van der Waals surface area contributed by atoms with Gasteiger partial charge in [0.25, 0.3) is 0 Å². The van der Waals surface area contributed by atoms with E-state index in [4.69, 9.17) is 24.8 Å². The highest BCUT2D eigenvalue weighted by Gasteiger charge is 2.28. The zero-order chi connectivity index (χ0) is 43.5. The van der Waals surface area contributed by atoms with Crippen molar-refractivity contribution in [3.63, 3.8) is 0 Å². The Morgan fingerprint density at radius 1 is 0.525 bits per heavy atom. The van der Waals surface area contributed by atoms with Gasteiger partial charge in [0.1, 0.15) is 12.6 Å². The molecule has 11 nitrogen and oxygen atoms in total. The average Bonchev–Trinajstić information content (AvgIpc) is 3.21. The molecule has 0 saturated carbocycles. The van der Waals surface area contributed by atoms with Crippen LogP contribution in [0.1, 0.15) is 226 Å². The van der Waals surface area contributed by atoms with E-state index in [0.717, 1.165) is 32.1 Å². The van der Waals surface area contributed by atoms with Crippen LogP contribution in [0.3, 0.4) is 0 Å². The molecule has 0 radical (unpaired) electrons. The van der Waals surface area contributed by atoms with Gasteiger partial charge in [-0.1, -0.05) is 205 Å². The van der Waals surface area contributed by atoms with E-state index < -0.39 is 51.1 Å². The number of ether oxygens (including phenoxy) is 2. The highest BCUT2D eigenvalue weighted by Crippen LogP contribution is 2.43. The van der Waals surface area contributed by atoms with Crippen molar-refractivity contribution in [1.29, 1.82) is 0 Å². The number of phosphoric ester groups is 1. The van der Waals surface area contributed by atoms with Crippen molar-refractivity contribution < 1.29 is 47.5 Å². The van der Waals surface area contributed by atoms with Gasteiger partial charge in [-0.25, -0.2) is 4.57 Å². The third kappa shape index (κ3) is 42.4. The van der Waals surface area contributed by atoms with Gasteiger partial charge < -0.3 is 25.2 Å². The van der Waals surface area contributed by atoms with Crippen LogP contribution in [0.25, 0.3) is 0 Å². The van der Waals surface area contributed by atoms with Gasteiger partial charge in [-0.2, -0.15) is 0 Å². The van der Waals surface area contributed by atoms with Crippen LogP contribution >= 0.6 is 7.82 Å². The average molecular weight is 858 g/mol. The molecule has 0 saturated heterocycles. The molecule has 0 aliphatic heterocycles. The number of carboxylic acids is 1. The van der Waals surface area contributed by atoms with E-state index in [0.29, 0.717) is 12.8 Å². The summed E-state index contributed by atoms with van der Waals surface area (Å²) >= 11 is 0. The van der Waals surface area contributed by atoms with Gasteiger partial charge in [0.05, 0.1) is 13.2 Å². The number of esters is 2. The Morgan fingerprint density at radius 3 is 1.39 bits per heavy atom. The summed E-state index contributed by atoms with van der Waals surface area (Å²) in [5.41, 5.74) is 5.33. The topological polar surface area (TPSA) is 172 Å². The van der Waals surface area contributed by atoms with Crippen molar-refractivity contribution in [1.82, 2.24) is 0 Å². The second kappa shape index (κ2) is 42.6. The number of carbonyl (C=O) groups is 3. The second-order valence-corrected chi connectivity index (χ2v) is 17.7. The molecule has 0 aromatic carbocycles. The minimum absolute atomic E-state index is 0.0582. The largest absolute Gasteiger partial charge is 0.480 e. The quantitative estimate of drug-likeness (QED) is 0.0230. The van der Waals surface area contributed by atoms with Crippen molar-refractivity contribution in [3.05, 3.63) is 24.3 Å². The molecule has 0 aliphatic carbocycles. The molecule has 2 unspecified atom stereocenters. The maximum absolute atomic E-state index is 12.6.